The molecule has 9 heteroatoms. The van der Waals surface area contributed by atoms with Gasteiger partial charge >= 0.3 is 12.1 Å². The molecule has 0 aromatic heterocycles. The third-order valence-electron chi connectivity index (χ3n) is 5.73. The van der Waals surface area contributed by atoms with E-state index in [-0.39, 0.29) is 25.2 Å². The summed E-state index contributed by atoms with van der Waals surface area (Å²) in [5.74, 6) is -0.762. The lowest BCUT2D eigenvalue weighted by molar-refractivity contribution is -0.134. The fourth-order valence-corrected chi connectivity index (χ4v) is 3.39. The van der Waals surface area contributed by atoms with Crippen LogP contribution in [-0.4, -0.2) is 85.0 Å². The van der Waals surface area contributed by atoms with Crippen LogP contribution < -0.4 is 0 Å². The van der Waals surface area contributed by atoms with Crippen LogP contribution in [-0.2, 0) is 9.59 Å². The maximum absolute atomic E-state index is 12.9. The van der Waals surface area contributed by atoms with Crippen molar-refractivity contribution in [3.8, 4) is 0 Å². The van der Waals surface area contributed by atoms with Crippen LogP contribution >= 0.6 is 0 Å². The highest BCUT2D eigenvalue weighted by Crippen LogP contribution is 2.34. The number of carbonyl (C=O) groups is 4. The summed E-state index contributed by atoms with van der Waals surface area (Å²) < 4.78 is 0. The first-order valence-electron chi connectivity index (χ1n) is 9.25. The monoisotopic (exact) mass is 382 g/mol. The summed E-state index contributed by atoms with van der Waals surface area (Å²) in [5.41, 5.74) is -2.32. The van der Waals surface area contributed by atoms with Gasteiger partial charge in [-0.1, -0.05) is 6.92 Å². The van der Waals surface area contributed by atoms with Gasteiger partial charge < -0.3 is 5.11 Å². The maximum Gasteiger partial charge on any atom is 0.329 e. The Morgan fingerprint density at radius 1 is 0.815 bits per heavy atom. The number of imide groups is 2. The van der Waals surface area contributed by atoms with Gasteiger partial charge in [-0.3, -0.25) is 29.2 Å². The molecule has 0 saturated carbocycles. The number of aliphatic hydroxyl groups excluding tert-OH is 1. The van der Waals surface area contributed by atoms with Gasteiger partial charge in [0.05, 0.1) is 12.6 Å². The predicted octanol–water partition coefficient (Wildman–Crippen LogP) is 1.21. The van der Waals surface area contributed by atoms with Crippen molar-refractivity contribution in [2.75, 3.05) is 13.3 Å². The Morgan fingerprint density at radius 3 is 1.52 bits per heavy atom. The molecule has 2 unspecified atom stereocenters. The number of urea groups is 2. The van der Waals surface area contributed by atoms with Crippen molar-refractivity contribution >= 4 is 23.9 Å². The zero-order chi connectivity index (χ0) is 20.9. The molecule has 0 aromatic carbocycles. The van der Waals surface area contributed by atoms with Gasteiger partial charge in [0.2, 0.25) is 0 Å². The smallest absolute Gasteiger partial charge is 0.329 e. The van der Waals surface area contributed by atoms with E-state index in [0.717, 1.165) is 4.90 Å². The lowest BCUT2D eigenvalue weighted by atomic mass is 10.0. The van der Waals surface area contributed by atoms with Crippen LogP contribution in [0.1, 0.15) is 54.9 Å². The standard InChI is InChI=1S/C18H30N4O5/c1-8-11(2)21-13(24)17(4,5)19(15(21)26)10-20-16(27)22(12(3)9-23)14(25)18(20,6)7/h11-12,23H,8-10H2,1-7H3. The Kier molecular flexibility index (Phi) is 5.31. The van der Waals surface area contributed by atoms with Crippen LogP contribution in [0.3, 0.4) is 0 Å². The second-order valence-corrected chi connectivity index (χ2v) is 8.32. The average molecular weight is 382 g/mol. The Labute approximate surface area is 159 Å². The van der Waals surface area contributed by atoms with Gasteiger partial charge in [-0.25, -0.2) is 9.59 Å². The van der Waals surface area contributed by atoms with Crippen molar-refractivity contribution in [2.45, 2.75) is 78.0 Å². The van der Waals surface area contributed by atoms with Crippen LogP contribution in [0.2, 0.25) is 0 Å². The van der Waals surface area contributed by atoms with E-state index in [2.05, 4.69) is 0 Å². The Balaban J connectivity index is 2.37. The Bertz CT molecular complexity index is 619. The summed E-state index contributed by atoms with van der Waals surface area (Å²) in [7, 11) is 0. The Hall–Kier alpha value is -2.16. The highest BCUT2D eigenvalue weighted by atomic mass is 16.3. The van der Waals surface area contributed by atoms with Crippen molar-refractivity contribution in [1.82, 2.24) is 19.6 Å². The number of nitrogens with zero attached hydrogens (tertiary/aromatic N) is 4. The zero-order valence-electron chi connectivity index (χ0n) is 17.1. The van der Waals surface area contributed by atoms with Crippen LogP contribution in [0.25, 0.3) is 0 Å². The largest absolute Gasteiger partial charge is 0.394 e. The summed E-state index contributed by atoms with van der Waals surface area (Å²) in [5, 5.41) is 9.37. The minimum Gasteiger partial charge on any atom is -0.394 e. The molecule has 0 aliphatic carbocycles. The summed E-state index contributed by atoms with van der Waals surface area (Å²) in [6.07, 6.45) is 0.621. The van der Waals surface area contributed by atoms with Gasteiger partial charge in [0.25, 0.3) is 11.8 Å². The molecule has 2 heterocycles. The van der Waals surface area contributed by atoms with Crippen LogP contribution in [0.15, 0.2) is 0 Å². The van der Waals surface area contributed by atoms with Crippen LogP contribution in [0, 0.1) is 0 Å². The molecule has 2 aliphatic rings. The minimum atomic E-state index is -1.19. The summed E-state index contributed by atoms with van der Waals surface area (Å²) in [6, 6.07) is -1.98. The topological polar surface area (TPSA) is 101 Å². The van der Waals surface area contributed by atoms with Gasteiger partial charge in [0.1, 0.15) is 17.7 Å². The van der Waals surface area contributed by atoms with Crippen molar-refractivity contribution < 1.29 is 24.3 Å². The Morgan fingerprint density at radius 2 is 1.19 bits per heavy atom. The second-order valence-electron chi connectivity index (χ2n) is 8.32. The van der Waals surface area contributed by atoms with Crippen molar-refractivity contribution in [2.24, 2.45) is 0 Å². The highest BCUT2D eigenvalue weighted by molar-refractivity contribution is 6.08. The van der Waals surface area contributed by atoms with Crippen molar-refractivity contribution in [3.63, 3.8) is 0 Å². The molecule has 2 fully saturated rings. The lowest BCUT2D eigenvalue weighted by Gasteiger charge is -2.36. The molecule has 27 heavy (non-hydrogen) atoms. The van der Waals surface area contributed by atoms with Gasteiger partial charge in [-0.15, -0.1) is 0 Å². The molecule has 2 saturated heterocycles. The van der Waals surface area contributed by atoms with Crippen LogP contribution in [0.4, 0.5) is 9.59 Å². The van der Waals surface area contributed by atoms with E-state index < -0.39 is 35.1 Å². The third-order valence-corrected chi connectivity index (χ3v) is 5.73. The first-order chi connectivity index (χ1) is 12.3. The molecule has 2 atom stereocenters. The highest BCUT2D eigenvalue weighted by Gasteiger charge is 2.58. The number of rotatable bonds is 6. The number of carbonyl (C=O) groups excluding carboxylic acids is 4. The fraction of sp³-hybridized carbons (Fsp3) is 0.778. The molecular formula is C18H30N4O5. The van der Waals surface area contributed by atoms with Crippen molar-refractivity contribution in [1.29, 1.82) is 0 Å². The normalized spacial score (nSPS) is 24.3. The molecule has 0 radical (unpaired) electrons. The lowest BCUT2D eigenvalue weighted by Crippen LogP contribution is -2.55. The van der Waals surface area contributed by atoms with E-state index in [1.54, 1.807) is 41.5 Å². The molecule has 2 rings (SSSR count). The first-order valence-corrected chi connectivity index (χ1v) is 9.25. The van der Waals surface area contributed by atoms with E-state index in [4.69, 9.17) is 0 Å². The number of hydrogen-bond acceptors (Lipinski definition) is 5. The van der Waals surface area contributed by atoms with Gasteiger partial charge in [-0.2, -0.15) is 0 Å². The molecule has 0 spiro atoms. The molecule has 9 nitrogen and oxygen atoms in total. The predicted molar refractivity (Wildman–Crippen MR) is 97.5 cm³/mol. The van der Waals surface area contributed by atoms with Crippen LogP contribution in [0.5, 0.6) is 0 Å². The van der Waals surface area contributed by atoms with Crippen molar-refractivity contribution in [3.05, 3.63) is 0 Å². The van der Waals surface area contributed by atoms with E-state index in [1.165, 1.54) is 14.7 Å². The molecule has 0 bridgehead atoms. The van der Waals surface area contributed by atoms with Gasteiger partial charge in [0, 0.05) is 6.04 Å². The summed E-state index contributed by atoms with van der Waals surface area (Å²) in [4.78, 5) is 56.2. The van der Waals surface area contributed by atoms with E-state index in [9.17, 15) is 24.3 Å². The minimum absolute atomic E-state index is 0.184. The molecule has 0 aromatic rings. The number of aliphatic hydroxyl groups is 1. The number of amides is 6. The second kappa shape index (κ2) is 6.78. The fourth-order valence-electron chi connectivity index (χ4n) is 3.39. The molecule has 6 amide bonds. The van der Waals surface area contributed by atoms with Gasteiger partial charge in [-0.05, 0) is 48.0 Å². The third kappa shape index (κ3) is 2.97. The summed E-state index contributed by atoms with van der Waals surface area (Å²) in [6.45, 7) is 11.2. The summed E-state index contributed by atoms with van der Waals surface area (Å²) >= 11 is 0. The van der Waals surface area contributed by atoms with E-state index in [0.29, 0.717) is 6.42 Å². The van der Waals surface area contributed by atoms with E-state index in [1.807, 2.05) is 6.92 Å². The molecular weight excluding hydrogens is 352 g/mol. The number of hydrogen-bond donors (Lipinski definition) is 1. The molecule has 152 valence electrons. The van der Waals surface area contributed by atoms with Gasteiger partial charge in [0.15, 0.2) is 0 Å². The maximum atomic E-state index is 12.9. The zero-order valence-corrected chi connectivity index (χ0v) is 17.1. The van der Waals surface area contributed by atoms with E-state index >= 15 is 0 Å². The quantitative estimate of drug-likeness (QED) is 0.696. The SMILES string of the molecule is CCC(C)N1C(=O)N(CN2C(=O)N(C(C)CO)C(=O)C2(C)C)C(C)(C)C1=O. The first kappa shape index (κ1) is 21.1. The molecule has 1 N–H and O–H groups in total. The molecule has 2 aliphatic heterocycles. The average Bonchev–Trinajstić information content (AvgIpc) is 2.87.